The summed E-state index contributed by atoms with van der Waals surface area (Å²) in [5, 5.41) is 8.54. The summed E-state index contributed by atoms with van der Waals surface area (Å²) in [5.74, 6) is 2.39. The van der Waals surface area contributed by atoms with Crippen molar-refractivity contribution in [1.82, 2.24) is 0 Å². The van der Waals surface area contributed by atoms with Crippen LogP contribution in [-0.2, 0) is 0 Å². The number of nitriles is 1. The summed E-state index contributed by atoms with van der Waals surface area (Å²) in [6.07, 6.45) is 5.13. The Bertz CT molecular complexity index is 321. The summed E-state index contributed by atoms with van der Waals surface area (Å²) in [6, 6.07) is 7.00. The zero-order chi connectivity index (χ0) is 8.27. The van der Waals surface area contributed by atoms with Gasteiger partial charge in [0.15, 0.2) is 0 Å². The molecule has 0 bridgehead atoms. The van der Waals surface area contributed by atoms with E-state index in [1.54, 1.807) is 18.2 Å². The maximum Gasteiger partial charge on any atom is 0.101 e. The third-order valence-corrected chi connectivity index (χ3v) is 1.38. The Morgan fingerprint density at radius 2 is 2.00 bits per heavy atom. The summed E-state index contributed by atoms with van der Waals surface area (Å²) in [6.45, 7) is 0. The van der Waals surface area contributed by atoms with Gasteiger partial charge in [-0.2, -0.15) is 5.26 Å². The van der Waals surface area contributed by atoms with E-state index in [1.807, 2.05) is 6.07 Å². The molecule has 0 aliphatic heterocycles. The summed E-state index contributed by atoms with van der Waals surface area (Å²) in [5.41, 5.74) is 6.93. The fraction of sp³-hybridized carbons (Fsp3) is 0. The SMILES string of the molecule is C#Cc1cccc(C#N)c1N. The van der Waals surface area contributed by atoms with Crippen molar-refractivity contribution in [2.24, 2.45) is 0 Å². The third kappa shape index (κ3) is 1.15. The number of benzene rings is 1. The van der Waals surface area contributed by atoms with E-state index in [-0.39, 0.29) is 0 Å². The van der Waals surface area contributed by atoms with E-state index in [9.17, 15) is 0 Å². The minimum Gasteiger partial charge on any atom is -0.397 e. The van der Waals surface area contributed by atoms with Crippen LogP contribution < -0.4 is 5.73 Å². The summed E-state index contributed by atoms with van der Waals surface area (Å²) >= 11 is 0. The van der Waals surface area contributed by atoms with Crippen molar-refractivity contribution in [2.75, 3.05) is 5.73 Å². The lowest BCUT2D eigenvalue weighted by Gasteiger charge is -1.98. The Labute approximate surface area is 65.3 Å². The summed E-state index contributed by atoms with van der Waals surface area (Å²) in [7, 11) is 0. The molecule has 0 unspecified atom stereocenters. The van der Waals surface area contributed by atoms with Crippen LogP contribution in [0.1, 0.15) is 11.1 Å². The highest BCUT2D eigenvalue weighted by Crippen LogP contribution is 2.14. The zero-order valence-corrected chi connectivity index (χ0v) is 5.83. The number of terminal acetylenes is 1. The van der Waals surface area contributed by atoms with Crippen molar-refractivity contribution in [2.45, 2.75) is 0 Å². The lowest BCUT2D eigenvalue weighted by atomic mass is 10.1. The lowest BCUT2D eigenvalue weighted by Crippen LogP contribution is -1.93. The molecule has 0 aliphatic carbocycles. The van der Waals surface area contributed by atoms with E-state index < -0.39 is 0 Å². The number of rotatable bonds is 0. The van der Waals surface area contributed by atoms with Crippen LogP contribution in [0, 0.1) is 23.7 Å². The average Bonchev–Trinajstić information content (AvgIpc) is 2.05. The van der Waals surface area contributed by atoms with E-state index >= 15 is 0 Å². The predicted octanol–water partition coefficient (Wildman–Crippen LogP) is 1.12. The van der Waals surface area contributed by atoms with E-state index in [1.165, 1.54) is 0 Å². The largest absolute Gasteiger partial charge is 0.397 e. The maximum absolute atomic E-state index is 8.54. The highest BCUT2D eigenvalue weighted by atomic mass is 14.6. The fourth-order valence-electron chi connectivity index (χ4n) is 0.789. The van der Waals surface area contributed by atoms with Crippen molar-refractivity contribution in [3.8, 4) is 18.4 Å². The van der Waals surface area contributed by atoms with Crippen molar-refractivity contribution in [3.63, 3.8) is 0 Å². The first-order chi connectivity index (χ1) is 5.29. The van der Waals surface area contributed by atoms with Gasteiger partial charge in [-0.1, -0.05) is 12.0 Å². The Kier molecular flexibility index (Phi) is 1.81. The van der Waals surface area contributed by atoms with Crippen LogP contribution in [-0.4, -0.2) is 0 Å². The monoisotopic (exact) mass is 142 g/mol. The second kappa shape index (κ2) is 2.77. The van der Waals surface area contributed by atoms with Gasteiger partial charge in [-0.25, -0.2) is 0 Å². The van der Waals surface area contributed by atoms with Crippen LogP contribution in [0.4, 0.5) is 5.69 Å². The second-order valence-corrected chi connectivity index (χ2v) is 2.02. The van der Waals surface area contributed by atoms with E-state index in [4.69, 9.17) is 17.4 Å². The van der Waals surface area contributed by atoms with Crippen LogP contribution in [0.25, 0.3) is 0 Å². The van der Waals surface area contributed by atoms with Gasteiger partial charge in [0.2, 0.25) is 0 Å². The van der Waals surface area contributed by atoms with Gasteiger partial charge in [0.05, 0.1) is 11.3 Å². The summed E-state index contributed by atoms with van der Waals surface area (Å²) in [4.78, 5) is 0. The van der Waals surface area contributed by atoms with E-state index in [0.717, 1.165) is 0 Å². The smallest absolute Gasteiger partial charge is 0.101 e. The number of nitrogens with two attached hydrogens (primary N) is 1. The molecular weight excluding hydrogens is 136 g/mol. The van der Waals surface area contributed by atoms with Gasteiger partial charge in [0.1, 0.15) is 6.07 Å². The van der Waals surface area contributed by atoms with Crippen molar-refractivity contribution in [3.05, 3.63) is 29.3 Å². The number of hydrogen-bond donors (Lipinski definition) is 1. The van der Waals surface area contributed by atoms with E-state index in [0.29, 0.717) is 16.8 Å². The quantitative estimate of drug-likeness (QED) is 0.436. The van der Waals surface area contributed by atoms with Gasteiger partial charge in [-0.3, -0.25) is 0 Å². The highest BCUT2D eigenvalue weighted by molar-refractivity contribution is 5.64. The van der Waals surface area contributed by atoms with Crippen LogP contribution in [0.2, 0.25) is 0 Å². The van der Waals surface area contributed by atoms with E-state index in [2.05, 4.69) is 5.92 Å². The molecule has 2 heteroatoms. The average molecular weight is 142 g/mol. The molecule has 0 fully saturated rings. The lowest BCUT2D eigenvalue weighted by molar-refractivity contribution is 1.48. The first-order valence-corrected chi connectivity index (χ1v) is 3.04. The fourth-order valence-corrected chi connectivity index (χ4v) is 0.789. The number of nitrogen functional groups attached to an aromatic ring is 1. The van der Waals surface area contributed by atoms with Crippen molar-refractivity contribution < 1.29 is 0 Å². The molecule has 0 heterocycles. The second-order valence-electron chi connectivity index (χ2n) is 2.02. The number of anilines is 1. The molecule has 0 radical (unpaired) electrons. The minimum atomic E-state index is 0.387. The molecule has 0 aromatic heterocycles. The van der Waals surface area contributed by atoms with Crippen LogP contribution in [0.3, 0.4) is 0 Å². The Morgan fingerprint density at radius 1 is 1.36 bits per heavy atom. The van der Waals surface area contributed by atoms with Gasteiger partial charge >= 0.3 is 0 Å². The predicted molar refractivity (Wildman–Crippen MR) is 43.5 cm³/mol. The van der Waals surface area contributed by atoms with Gasteiger partial charge in [0, 0.05) is 5.56 Å². The van der Waals surface area contributed by atoms with Gasteiger partial charge in [0.25, 0.3) is 0 Å². The van der Waals surface area contributed by atoms with Gasteiger partial charge < -0.3 is 5.73 Å². The Balaban J connectivity index is 3.38. The molecule has 2 N–H and O–H groups in total. The van der Waals surface area contributed by atoms with Crippen LogP contribution >= 0.6 is 0 Å². The first kappa shape index (κ1) is 7.18. The molecule has 0 amide bonds. The topological polar surface area (TPSA) is 49.8 Å². The molecule has 0 saturated heterocycles. The normalized spacial score (nSPS) is 8.18. The molecule has 52 valence electrons. The van der Waals surface area contributed by atoms with Gasteiger partial charge in [-0.05, 0) is 12.1 Å². The molecule has 1 aromatic carbocycles. The molecule has 0 saturated carbocycles. The molecule has 11 heavy (non-hydrogen) atoms. The maximum atomic E-state index is 8.54. The minimum absolute atomic E-state index is 0.387. The molecule has 0 atom stereocenters. The molecular formula is C9H6N2. The molecule has 0 aliphatic rings. The molecule has 1 rings (SSSR count). The molecule has 2 nitrogen and oxygen atoms in total. The van der Waals surface area contributed by atoms with Crippen molar-refractivity contribution in [1.29, 1.82) is 5.26 Å². The Hall–Kier alpha value is -1.93. The van der Waals surface area contributed by atoms with Crippen molar-refractivity contribution >= 4 is 5.69 Å². The van der Waals surface area contributed by atoms with Gasteiger partial charge in [-0.15, -0.1) is 6.42 Å². The zero-order valence-electron chi connectivity index (χ0n) is 5.83. The first-order valence-electron chi connectivity index (χ1n) is 3.04. The third-order valence-electron chi connectivity index (χ3n) is 1.38. The molecule has 1 aromatic rings. The summed E-state index contributed by atoms with van der Waals surface area (Å²) < 4.78 is 0. The Morgan fingerprint density at radius 3 is 2.55 bits per heavy atom. The number of nitrogens with zero attached hydrogens (tertiary/aromatic N) is 1. The van der Waals surface area contributed by atoms with Crippen LogP contribution in [0.5, 0.6) is 0 Å². The molecule has 0 spiro atoms. The highest BCUT2D eigenvalue weighted by Gasteiger charge is 1.99. The number of hydrogen-bond acceptors (Lipinski definition) is 2. The standard InChI is InChI=1S/C9H6N2/c1-2-7-4-3-5-8(6-10)9(7)11/h1,3-5H,11H2. The van der Waals surface area contributed by atoms with Crippen LogP contribution in [0.15, 0.2) is 18.2 Å². The number of para-hydroxylation sites is 1.